The van der Waals surface area contributed by atoms with Crippen molar-refractivity contribution in [2.75, 3.05) is 0 Å². The van der Waals surface area contributed by atoms with E-state index < -0.39 is 11.9 Å². The maximum Gasteiger partial charge on any atom is 0.307 e. The summed E-state index contributed by atoms with van der Waals surface area (Å²) in [5.41, 5.74) is 0.764. The molecule has 15 heavy (non-hydrogen) atoms. The molecule has 0 radical (unpaired) electrons. The molecule has 0 aliphatic carbocycles. The quantitative estimate of drug-likeness (QED) is 0.801. The zero-order valence-corrected chi connectivity index (χ0v) is 8.68. The SMILES string of the molecule is C[C@H]1Oc2cccnc2[C@@H]1[C@@H](C)C(=O)O. The Labute approximate surface area is 87.9 Å². The van der Waals surface area contributed by atoms with Crippen LogP contribution in [0, 0.1) is 5.92 Å². The average molecular weight is 207 g/mol. The van der Waals surface area contributed by atoms with Crippen molar-refractivity contribution in [3.05, 3.63) is 24.0 Å². The van der Waals surface area contributed by atoms with Gasteiger partial charge in [-0.2, -0.15) is 0 Å². The van der Waals surface area contributed by atoms with Gasteiger partial charge in [0.05, 0.1) is 17.5 Å². The summed E-state index contributed by atoms with van der Waals surface area (Å²) in [6, 6.07) is 3.62. The second kappa shape index (κ2) is 3.53. The Morgan fingerprint density at radius 1 is 1.67 bits per heavy atom. The molecule has 0 unspecified atom stereocenters. The Kier molecular flexibility index (Phi) is 2.34. The minimum Gasteiger partial charge on any atom is -0.488 e. The Morgan fingerprint density at radius 3 is 3.07 bits per heavy atom. The topological polar surface area (TPSA) is 59.4 Å². The number of carboxylic acid groups (broad SMARTS) is 1. The number of carbonyl (C=O) groups is 1. The molecule has 0 amide bonds. The molecule has 0 spiro atoms. The van der Waals surface area contributed by atoms with Crippen molar-refractivity contribution < 1.29 is 14.6 Å². The molecule has 1 N–H and O–H groups in total. The number of pyridine rings is 1. The Bertz CT molecular complexity index is 391. The van der Waals surface area contributed by atoms with Gasteiger partial charge in [0.25, 0.3) is 0 Å². The van der Waals surface area contributed by atoms with E-state index in [0.29, 0.717) is 5.75 Å². The van der Waals surface area contributed by atoms with Gasteiger partial charge in [0.2, 0.25) is 0 Å². The van der Waals surface area contributed by atoms with Crippen LogP contribution in [0.2, 0.25) is 0 Å². The lowest BCUT2D eigenvalue weighted by Crippen LogP contribution is -2.26. The Morgan fingerprint density at radius 2 is 2.40 bits per heavy atom. The molecule has 1 aromatic rings. The molecule has 1 aromatic heterocycles. The van der Waals surface area contributed by atoms with Crippen molar-refractivity contribution >= 4 is 5.97 Å². The minimum atomic E-state index is -0.811. The van der Waals surface area contributed by atoms with Gasteiger partial charge in [0, 0.05) is 6.20 Å². The lowest BCUT2D eigenvalue weighted by molar-refractivity contribution is -0.142. The normalized spacial score (nSPS) is 25.5. The number of rotatable bonds is 2. The van der Waals surface area contributed by atoms with Gasteiger partial charge in [0.15, 0.2) is 0 Å². The smallest absolute Gasteiger partial charge is 0.307 e. The number of hydrogen-bond acceptors (Lipinski definition) is 3. The van der Waals surface area contributed by atoms with Crippen molar-refractivity contribution in [2.24, 2.45) is 5.92 Å². The van der Waals surface area contributed by atoms with Gasteiger partial charge < -0.3 is 9.84 Å². The first-order valence-corrected chi connectivity index (χ1v) is 4.95. The third kappa shape index (κ3) is 1.56. The first kappa shape index (κ1) is 9.96. The van der Waals surface area contributed by atoms with Crippen molar-refractivity contribution in [3.63, 3.8) is 0 Å². The molecular formula is C11H13NO3. The zero-order valence-electron chi connectivity index (χ0n) is 8.68. The van der Waals surface area contributed by atoms with Gasteiger partial charge in [-0.1, -0.05) is 6.92 Å². The van der Waals surface area contributed by atoms with Crippen LogP contribution in [0.25, 0.3) is 0 Å². The summed E-state index contributed by atoms with van der Waals surface area (Å²) in [5.74, 6) is -0.730. The van der Waals surface area contributed by atoms with Crippen LogP contribution in [-0.2, 0) is 4.79 Å². The highest BCUT2D eigenvalue weighted by Crippen LogP contribution is 2.40. The molecule has 80 valence electrons. The molecule has 4 nitrogen and oxygen atoms in total. The van der Waals surface area contributed by atoms with Gasteiger partial charge in [-0.05, 0) is 19.1 Å². The summed E-state index contributed by atoms with van der Waals surface area (Å²) in [7, 11) is 0. The van der Waals surface area contributed by atoms with E-state index in [1.165, 1.54) is 0 Å². The van der Waals surface area contributed by atoms with Crippen LogP contribution < -0.4 is 4.74 Å². The number of nitrogens with zero attached hydrogens (tertiary/aromatic N) is 1. The molecule has 3 atom stereocenters. The fraction of sp³-hybridized carbons (Fsp3) is 0.455. The maximum absolute atomic E-state index is 11.0. The van der Waals surface area contributed by atoms with Gasteiger partial charge in [0.1, 0.15) is 11.9 Å². The Hall–Kier alpha value is -1.58. The molecule has 0 aromatic carbocycles. The number of aromatic nitrogens is 1. The molecular weight excluding hydrogens is 194 g/mol. The third-order valence-corrected chi connectivity index (χ3v) is 2.86. The summed E-state index contributed by atoms with van der Waals surface area (Å²) < 4.78 is 5.56. The third-order valence-electron chi connectivity index (χ3n) is 2.86. The molecule has 1 aliphatic heterocycles. The van der Waals surface area contributed by atoms with Crippen LogP contribution in [0.4, 0.5) is 0 Å². The predicted octanol–water partition coefficient (Wildman–Crippen LogP) is 1.67. The van der Waals surface area contributed by atoms with Gasteiger partial charge in [-0.3, -0.25) is 9.78 Å². The zero-order chi connectivity index (χ0) is 11.0. The number of hydrogen-bond donors (Lipinski definition) is 1. The van der Waals surface area contributed by atoms with Crippen molar-refractivity contribution in [1.29, 1.82) is 0 Å². The second-order valence-corrected chi connectivity index (χ2v) is 3.86. The number of ether oxygens (including phenoxy) is 1. The van der Waals surface area contributed by atoms with E-state index in [9.17, 15) is 4.79 Å². The molecule has 2 rings (SSSR count). The molecule has 1 aliphatic rings. The lowest BCUT2D eigenvalue weighted by Gasteiger charge is -2.17. The number of fused-ring (bicyclic) bond motifs is 1. The molecule has 0 bridgehead atoms. The van der Waals surface area contributed by atoms with Gasteiger partial charge >= 0.3 is 5.97 Å². The fourth-order valence-corrected chi connectivity index (χ4v) is 2.05. The van der Waals surface area contributed by atoms with Crippen molar-refractivity contribution in [1.82, 2.24) is 4.98 Å². The van der Waals surface area contributed by atoms with E-state index in [0.717, 1.165) is 5.69 Å². The van der Waals surface area contributed by atoms with E-state index >= 15 is 0 Å². The monoisotopic (exact) mass is 207 g/mol. The van der Waals surface area contributed by atoms with Crippen LogP contribution in [0.15, 0.2) is 18.3 Å². The largest absolute Gasteiger partial charge is 0.488 e. The van der Waals surface area contributed by atoms with E-state index in [2.05, 4.69) is 4.98 Å². The minimum absolute atomic E-state index is 0.124. The van der Waals surface area contributed by atoms with Crippen LogP contribution in [0.3, 0.4) is 0 Å². The van der Waals surface area contributed by atoms with E-state index in [1.807, 2.05) is 13.0 Å². The number of aliphatic carboxylic acids is 1. The highest BCUT2D eigenvalue weighted by Gasteiger charge is 2.39. The summed E-state index contributed by atoms with van der Waals surface area (Å²) in [5, 5.41) is 9.00. The molecule has 0 saturated heterocycles. The van der Waals surface area contributed by atoms with Crippen LogP contribution in [0.5, 0.6) is 5.75 Å². The fourth-order valence-electron chi connectivity index (χ4n) is 2.05. The summed E-state index contributed by atoms with van der Waals surface area (Å²) in [4.78, 5) is 15.2. The average Bonchev–Trinajstić information content (AvgIpc) is 2.52. The highest BCUT2D eigenvalue weighted by molar-refractivity contribution is 5.71. The summed E-state index contributed by atoms with van der Waals surface area (Å²) >= 11 is 0. The van der Waals surface area contributed by atoms with E-state index in [1.54, 1.807) is 19.2 Å². The molecule has 0 saturated carbocycles. The molecule has 4 heteroatoms. The van der Waals surface area contributed by atoms with E-state index in [4.69, 9.17) is 9.84 Å². The van der Waals surface area contributed by atoms with Crippen LogP contribution in [-0.4, -0.2) is 22.2 Å². The Balaban J connectivity index is 2.37. The summed E-state index contributed by atoms with van der Waals surface area (Å²) in [6.45, 7) is 3.57. The standard InChI is InChI=1S/C11H13NO3/c1-6(11(13)14)9-7(2)15-8-4-3-5-12-10(8)9/h3-7,9H,1-2H3,(H,13,14)/t6-,7-,9-/m1/s1. The lowest BCUT2D eigenvalue weighted by atomic mass is 9.88. The van der Waals surface area contributed by atoms with Crippen LogP contribution in [0.1, 0.15) is 25.5 Å². The first-order chi connectivity index (χ1) is 7.11. The molecule has 2 heterocycles. The summed E-state index contributed by atoms with van der Waals surface area (Å²) in [6.07, 6.45) is 1.54. The first-order valence-electron chi connectivity index (χ1n) is 4.95. The van der Waals surface area contributed by atoms with Crippen LogP contribution >= 0.6 is 0 Å². The number of carboxylic acids is 1. The van der Waals surface area contributed by atoms with Crippen molar-refractivity contribution in [3.8, 4) is 5.75 Å². The van der Waals surface area contributed by atoms with Crippen molar-refractivity contribution in [2.45, 2.75) is 25.9 Å². The van der Waals surface area contributed by atoms with Gasteiger partial charge in [-0.15, -0.1) is 0 Å². The van der Waals surface area contributed by atoms with E-state index in [-0.39, 0.29) is 12.0 Å². The molecule has 0 fully saturated rings. The second-order valence-electron chi connectivity index (χ2n) is 3.86. The highest BCUT2D eigenvalue weighted by atomic mass is 16.5. The predicted molar refractivity (Wildman–Crippen MR) is 53.9 cm³/mol. The van der Waals surface area contributed by atoms with Gasteiger partial charge in [-0.25, -0.2) is 0 Å². The maximum atomic E-state index is 11.0.